The third-order valence-corrected chi connectivity index (χ3v) is 1.73. The molecule has 1 saturated heterocycles. The third kappa shape index (κ3) is 1.99. The van der Waals surface area contributed by atoms with Gasteiger partial charge in [0.05, 0.1) is 0 Å². The molecule has 1 amide bonds. The molecule has 0 aromatic heterocycles. The summed E-state index contributed by atoms with van der Waals surface area (Å²) in [5, 5.41) is 6.08. The van der Waals surface area contributed by atoms with Crippen LogP contribution in [-0.4, -0.2) is 25.0 Å². The molecule has 1 rings (SSSR count). The Morgan fingerprint density at radius 1 is 1.80 bits per heavy atom. The second kappa shape index (κ2) is 3.56. The van der Waals surface area contributed by atoms with Crippen molar-refractivity contribution in [3.63, 3.8) is 0 Å². The molecule has 0 saturated carbocycles. The van der Waals surface area contributed by atoms with Crippen molar-refractivity contribution in [3.05, 3.63) is 0 Å². The normalized spacial score (nSPS) is 24.9. The van der Waals surface area contributed by atoms with Gasteiger partial charge in [-0.15, -0.1) is 0 Å². The van der Waals surface area contributed by atoms with Crippen LogP contribution in [0.25, 0.3) is 0 Å². The van der Waals surface area contributed by atoms with Crippen LogP contribution in [0.2, 0.25) is 0 Å². The minimum Gasteiger partial charge on any atom is -0.352 e. The van der Waals surface area contributed by atoms with Crippen molar-refractivity contribution in [2.75, 3.05) is 13.1 Å². The molecule has 10 heavy (non-hydrogen) atoms. The molecule has 3 nitrogen and oxygen atoms in total. The number of hydrogen-bond donors (Lipinski definition) is 2. The predicted octanol–water partition coefficient (Wildman–Crippen LogP) is -0.126. The van der Waals surface area contributed by atoms with E-state index >= 15 is 0 Å². The summed E-state index contributed by atoms with van der Waals surface area (Å²) in [7, 11) is 0. The molecule has 0 aromatic carbocycles. The average molecular weight is 142 g/mol. The summed E-state index contributed by atoms with van der Waals surface area (Å²) >= 11 is 0. The molecule has 1 atom stereocenters. The van der Waals surface area contributed by atoms with Crippen molar-refractivity contribution in [3.8, 4) is 0 Å². The molecule has 3 heteroatoms. The summed E-state index contributed by atoms with van der Waals surface area (Å²) in [6, 6.07) is 0.382. The molecule has 2 N–H and O–H groups in total. The van der Waals surface area contributed by atoms with Crippen molar-refractivity contribution in [2.45, 2.75) is 25.8 Å². The molecule has 0 radical (unpaired) electrons. The fourth-order valence-corrected chi connectivity index (χ4v) is 1.15. The lowest BCUT2D eigenvalue weighted by Crippen LogP contribution is -2.35. The van der Waals surface area contributed by atoms with Crippen LogP contribution < -0.4 is 10.6 Å². The maximum absolute atomic E-state index is 10.7. The standard InChI is InChI=1S/C7H14N2O/c1-2-8-5-6-3-4-7(10)9-6/h6,8H,2-5H2,1H3,(H,9,10)/t6-/m1/s1. The number of carbonyl (C=O) groups is 1. The first kappa shape index (κ1) is 7.54. The Bertz CT molecular complexity index is 125. The number of rotatable bonds is 3. The minimum absolute atomic E-state index is 0.197. The maximum atomic E-state index is 10.7. The molecule has 1 fully saturated rings. The van der Waals surface area contributed by atoms with E-state index in [2.05, 4.69) is 17.6 Å². The zero-order valence-corrected chi connectivity index (χ0v) is 6.31. The van der Waals surface area contributed by atoms with Gasteiger partial charge in [-0.05, 0) is 13.0 Å². The SMILES string of the molecule is CCNC[C@H]1CCC(=O)N1. The van der Waals surface area contributed by atoms with Gasteiger partial charge in [0.25, 0.3) is 0 Å². The Kier molecular flexibility index (Phi) is 2.68. The van der Waals surface area contributed by atoms with Crippen LogP contribution >= 0.6 is 0 Å². The van der Waals surface area contributed by atoms with E-state index < -0.39 is 0 Å². The number of amides is 1. The molecule has 0 unspecified atom stereocenters. The first-order valence-electron chi connectivity index (χ1n) is 3.83. The lowest BCUT2D eigenvalue weighted by Gasteiger charge is -2.08. The second-order valence-electron chi connectivity index (χ2n) is 2.61. The Morgan fingerprint density at radius 3 is 3.10 bits per heavy atom. The molecule has 0 aromatic rings. The average Bonchev–Trinajstić information content (AvgIpc) is 2.31. The van der Waals surface area contributed by atoms with E-state index in [1.54, 1.807) is 0 Å². The molecule has 58 valence electrons. The highest BCUT2D eigenvalue weighted by Crippen LogP contribution is 2.04. The van der Waals surface area contributed by atoms with Crippen molar-refractivity contribution >= 4 is 5.91 Å². The van der Waals surface area contributed by atoms with E-state index in [0.717, 1.165) is 19.5 Å². The van der Waals surface area contributed by atoms with E-state index in [9.17, 15) is 4.79 Å². The van der Waals surface area contributed by atoms with E-state index in [-0.39, 0.29) is 5.91 Å². The molecule has 1 heterocycles. The largest absolute Gasteiger partial charge is 0.352 e. The van der Waals surface area contributed by atoms with Gasteiger partial charge in [0, 0.05) is 19.0 Å². The van der Waals surface area contributed by atoms with Crippen molar-refractivity contribution in [1.82, 2.24) is 10.6 Å². The van der Waals surface area contributed by atoms with E-state index in [0.29, 0.717) is 12.5 Å². The van der Waals surface area contributed by atoms with Crippen molar-refractivity contribution < 1.29 is 4.79 Å². The van der Waals surface area contributed by atoms with Gasteiger partial charge in [-0.1, -0.05) is 6.92 Å². The lowest BCUT2D eigenvalue weighted by atomic mass is 10.2. The second-order valence-corrected chi connectivity index (χ2v) is 2.61. The number of hydrogen-bond acceptors (Lipinski definition) is 2. The zero-order chi connectivity index (χ0) is 7.40. The van der Waals surface area contributed by atoms with Gasteiger partial charge in [0.15, 0.2) is 0 Å². The lowest BCUT2D eigenvalue weighted by molar-refractivity contribution is -0.119. The first-order chi connectivity index (χ1) is 4.83. The van der Waals surface area contributed by atoms with Gasteiger partial charge in [-0.25, -0.2) is 0 Å². The summed E-state index contributed by atoms with van der Waals surface area (Å²) in [6.07, 6.45) is 1.70. The van der Waals surface area contributed by atoms with Crippen LogP contribution in [0.1, 0.15) is 19.8 Å². The highest BCUT2D eigenvalue weighted by atomic mass is 16.1. The summed E-state index contributed by atoms with van der Waals surface area (Å²) < 4.78 is 0. The summed E-state index contributed by atoms with van der Waals surface area (Å²) in [5.74, 6) is 0.197. The van der Waals surface area contributed by atoms with Crippen LogP contribution in [0.5, 0.6) is 0 Å². The first-order valence-corrected chi connectivity index (χ1v) is 3.83. The fraction of sp³-hybridized carbons (Fsp3) is 0.857. The molecule has 1 aliphatic rings. The molecule has 0 aliphatic carbocycles. The molecular formula is C7H14N2O. The van der Waals surface area contributed by atoms with Crippen LogP contribution in [0, 0.1) is 0 Å². The van der Waals surface area contributed by atoms with Gasteiger partial charge >= 0.3 is 0 Å². The Hall–Kier alpha value is -0.570. The molecular weight excluding hydrogens is 128 g/mol. The van der Waals surface area contributed by atoms with Crippen LogP contribution in [-0.2, 0) is 4.79 Å². The van der Waals surface area contributed by atoms with Gasteiger partial charge in [0.1, 0.15) is 0 Å². The van der Waals surface area contributed by atoms with Gasteiger partial charge < -0.3 is 10.6 Å². The van der Waals surface area contributed by atoms with Gasteiger partial charge in [-0.2, -0.15) is 0 Å². The predicted molar refractivity (Wildman–Crippen MR) is 39.7 cm³/mol. The molecule has 1 aliphatic heterocycles. The Balaban J connectivity index is 2.12. The highest BCUT2D eigenvalue weighted by molar-refractivity contribution is 5.78. The number of nitrogens with one attached hydrogen (secondary N) is 2. The minimum atomic E-state index is 0.197. The van der Waals surface area contributed by atoms with Crippen molar-refractivity contribution in [1.29, 1.82) is 0 Å². The van der Waals surface area contributed by atoms with Crippen LogP contribution in [0.3, 0.4) is 0 Å². The fourth-order valence-electron chi connectivity index (χ4n) is 1.15. The molecule has 0 spiro atoms. The maximum Gasteiger partial charge on any atom is 0.220 e. The molecule has 0 bridgehead atoms. The highest BCUT2D eigenvalue weighted by Gasteiger charge is 2.19. The quantitative estimate of drug-likeness (QED) is 0.576. The van der Waals surface area contributed by atoms with Gasteiger partial charge in [-0.3, -0.25) is 4.79 Å². The van der Waals surface area contributed by atoms with Gasteiger partial charge in [0.2, 0.25) is 5.91 Å². The Morgan fingerprint density at radius 2 is 2.60 bits per heavy atom. The monoisotopic (exact) mass is 142 g/mol. The summed E-state index contributed by atoms with van der Waals surface area (Å²) in [4.78, 5) is 10.7. The topological polar surface area (TPSA) is 41.1 Å². The van der Waals surface area contributed by atoms with E-state index in [1.165, 1.54) is 0 Å². The number of likely N-dealkylation sites (N-methyl/N-ethyl adjacent to an activating group) is 1. The summed E-state index contributed by atoms with van der Waals surface area (Å²) in [5.41, 5.74) is 0. The van der Waals surface area contributed by atoms with Crippen LogP contribution in [0.4, 0.5) is 0 Å². The zero-order valence-electron chi connectivity index (χ0n) is 6.31. The van der Waals surface area contributed by atoms with E-state index in [1.807, 2.05) is 0 Å². The van der Waals surface area contributed by atoms with Crippen LogP contribution in [0.15, 0.2) is 0 Å². The smallest absolute Gasteiger partial charge is 0.220 e. The van der Waals surface area contributed by atoms with Crippen molar-refractivity contribution in [2.24, 2.45) is 0 Å². The third-order valence-electron chi connectivity index (χ3n) is 1.73. The Labute approximate surface area is 61.2 Å². The number of carbonyl (C=O) groups excluding carboxylic acids is 1. The summed E-state index contributed by atoms with van der Waals surface area (Å²) in [6.45, 7) is 3.96. The van der Waals surface area contributed by atoms with E-state index in [4.69, 9.17) is 0 Å².